The fourth-order valence-electron chi connectivity index (χ4n) is 1.92. The molecular weight excluding hydrogens is 298 g/mol. The largest absolute Gasteiger partial charge is 0.384 e. The number of hydrogen-bond acceptors (Lipinski definition) is 3. The SMILES string of the molecule is N=C(N)c1ccc(N2CCCSCC2)c(Br)c1. The van der Waals surface area contributed by atoms with Gasteiger partial charge in [0.2, 0.25) is 0 Å². The van der Waals surface area contributed by atoms with Crippen LogP contribution in [0.3, 0.4) is 0 Å². The lowest BCUT2D eigenvalue weighted by molar-refractivity contribution is 0.814. The zero-order chi connectivity index (χ0) is 12.3. The highest BCUT2D eigenvalue weighted by Crippen LogP contribution is 2.28. The van der Waals surface area contributed by atoms with Gasteiger partial charge in [-0.2, -0.15) is 11.8 Å². The molecule has 2 rings (SSSR count). The second-order valence-corrected chi connectivity index (χ2v) is 6.11. The minimum absolute atomic E-state index is 0.115. The van der Waals surface area contributed by atoms with E-state index in [1.54, 1.807) is 0 Å². The summed E-state index contributed by atoms with van der Waals surface area (Å²) in [5, 5.41) is 7.42. The molecule has 3 N–H and O–H groups in total. The molecule has 5 heteroatoms. The summed E-state index contributed by atoms with van der Waals surface area (Å²) in [4.78, 5) is 2.40. The van der Waals surface area contributed by atoms with Crippen molar-refractivity contribution in [2.45, 2.75) is 6.42 Å². The number of nitrogens with two attached hydrogens (primary N) is 1. The van der Waals surface area contributed by atoms with Crippen molar-refractivity contribution in [3.05, 3.63) is 28.2 Å². The van der Waals surface area contributed by atoms with Gasteiger partial charge >= 0.3 is 0 Å². The van der Waals surface area contributed by atoms with Crippen LogP contribution in [0.4, 0.5) is 5.69 Å². The molecule has 0 aliphatic carbocycles. The predicted molar refractivity (Wildman–Crippen MR) is 79.3 cm³/mol. The number of nitrogens with one attached hydrogen (secondary N) is 1. The van der Waals surface area contributed by atoms with E-state index < -0.39 is 0 Å². The Morgan fingerprint density at radius 3 is 2.88 bits per heavy atom. The van der Waals surface area contributed by atoms with Gasteiger partial charge in [-0.15, -0.1) is 0 Å². The van der Waals surface area contributed by atoms with Gasteiger partial charge in [0.25, 0.3) is 0 Å². The first-order chi connectivity index (χ1) is 8.18. The number of rotatable bonds is 2. The standard InChI is InChI=1S/C12H16BrN3S/c13-10-8-9(12(14)15)2-3-11(10)16-4-1-6-17-7-5-16/h2-3,8H,1,4-7H2,(H3,14,15). The Balaban J connectivity index is 2.22. The molecule has 0 saturated carbocycles. The monoisotopic (exact) mass is 313 g/mol. The van der Waals surface area contributed by atoms with Gasteiger partial charge in [-0.25, -0.2) is 0 Å². The normalized spacial score (nSPS) is 16.6. The number of hydrogen-bond donors (Lipinski definition) is 2. The van der Waals surface area contributed by atoms with Gasteiger partial charge in [-0.05, 0) is 46.3 Å². The van der Waals surface area contributed by atoms with E-state index in [2.05, 4.69) is 26.9 Å². The fourth-order valence-corrected chi connectivity index (χ4v) is 3.43. The summed E-state index contributed by atoms with van der Waals surface area (Å²) < 4.78 is 1.03. The van der Waals surface area contributed by atoms with Crippen LogP contribution in [-0.4, -0.2) is 30.4 Å². The lowest BCUT2D eigenvalue weighted by Gasteiger charge is -2.24. The Bertz CT molecular complexity index is 414. The van der Waals surface area contributed by atoms with Crippen molar-refractivity contribution in [1.82, 2.24) is 0 Å². The lowest BCUT2D eigenvalue weighted by Crippen LogP contribution is -2.26. The van der Waals surface area contributed by atoms with Gasteiger partial charge in [0, 0.05) is 28.9 Å². The third-order valence-corrected chi connectivity index (χ3v) is 4.51. The van der Waals surface area contributed by atoms with Crippen molar-refractivity contribution in [1.29, 1.82) is 5.41 Å². The summed E-state index contributed by atoms with van der Waals surface area (Å²) in [6.07, 6.45) is 1.23. The second-order valence-electron chi connectivity index (χ2n) is 4.03. The molecule has 1 aromatic rings. The van der Waals surface area contributed by atoms with Crippen molar-refractivity contribution < 1.29 is 0 Å². The minimum atomic E-state index is 0.115. The van der Waals surface area contributed by atoms with Crippen molar-refractivity contribution in [2.24, 2.45) is 5.73 Å². The smallest absolute Gasteiger partial charge is 0.122 e. The maximum Gasteiger partial charge on any atom is 0.122 e. The molecule has 17 heavy (non-hydrogen) atoms. The van der Waals surface area contributed by atoms with Crippen LogP contribution in [-0.2, 0) is 0 Å². The molecular formula is C12H16BrN3S. The highest BCUT2D eigenvalue weighted by molar-refractivity contribution is 9.10. The van der Waals surface area contributed by atoms with Crippen molar-refractivity contribution >= 4 is 39.2 Å². The van der Waals surface area contributed by atoms with Gasteiger partial charge in [0.05, 0.1) is 5.69 Å². The Kier molecular flexibility index (Phi) is 4.34. The van der Waals surface area contributed by atoms with Crippen molar-refractivity contribution in [3.63, 3.8) is 0 Å². The number of amidine groups is 1. The molecule has 1 heterocycles. The van der Waals surface area contributed by atoms with Gasteiger partial charge in [-0.1, -0.05) is 0 Å². The lowest BCUT2D eigenvalue weighted by atomic mass is 10.2. The zero-order valence-corrected chi connectivity index (χ0v) is 12.0. The molecule has 1 saturated heterocycles. The molecule has 0 radical (unpaired) electrons. The molecule has 0 amide bonds. The molecule has 1 aromatic carbocycles. The molecule has 0 aromatic heterocycles. The van der Waals surface area contributed by atoms with Gasteiger partial charge in [0.1, 0.15) is 5.84 Å². The van der Waals surface area contributed by atoms with Crippen LogP contribution in [0.25, 0.3) is 0 Å². The predicted octanol–water partition coefficient (Wildman–Crippen LogP) is 2.68. The minimum Gasteiger partial charge on any atom is -0.384 e. The summed E-state index contributed by atoms with van der Waals surface area (Å²) in [6.45, 7) is 2.19. The van der Waals surface area contributed by atoms with Crippen LogP contribution in [0.2, 0.25) is 0 Å². The molecule has 1 aliphatic rings. The van der Waals surface area contributed by atoms with Gasteiger partial charge in [0.15, 0.2) is 0 Å². The molecule has 92 valence electrons. The van der Waals surface area contributed by atoms with Crippen molar-refractivity contribution in [3.8, 4) is 0 Å². The van der Waals surface area contributed by atoms with E-state index in [1.807, 2.05) is 23.9 Å². The number of benzene rings is 1. The summed E-state index contributed by atoms with van der Waals surface area (Å²) in [5.41, 5.74) is 7.46. The number of nitrogens with zero attached hydrogens (tertiary/aromatic N) is 1. The molecule has 1 fully saturated rings. The highest BCUT2D eigenvalue weighted by atomic mass is 79.9. The Hall–Kier alpha value is -0.680. The molecule has 0 atom stereocenters. The maximum atomic E-state index is 7.42. The summed E-state index contributed by atoms with van der Waals surface area (Å²) in [5.74, 6) is 2.55. The third kappa shape index (κ3) is 3.16. The van der Waals surface area contributed by atoms with Crippen LogP contribution in [0.1, 0.15) is 12.0 Å². The fraction of sp³-hybridized carbons (Fsp3) is 0.417. The molecule has 0 spiro atoms. The number of nitrogen functional groups attached to an aromatic ring is 1. The maximum absolute atomic E-state index is 7.42. The third-order valence-electron chi connectivity index (χ3n) is 2.82. The van der Waals surface area contributed by atoms with E-state index in [9.17, 15) is 0 Å². The molecule has 1 aliphatic heterocycles. The molecule has 0 bridgehead atoms. The number of thioether (sulfide) groups is 1. The Labute approximate surface area is 114 Å². The van der Waals surface area contributed by atoms with Crippen molar-refractivity contribution in [2.75, 3.05) is 29.5 Å². The Morgan fingerprint density at radius 2 is 2.18 bits per heavy atom. The van der Waals surface area contributed by atoms with E-state index in [0.717, 1.165) is 23.1 Å². The molecule has 3 nitrogen and oxygen atoms in total. The first kappa shape index (κ1) is 12.8. The van der Waals surface area contributed by atoms with Crippen LogP contribution >= 0.6 is 27.7 Å². The molecule has 0 unspecified atom stereocenters. The Morgan fingerprint density at radius 1 is 1.35 bits per heavy atom. The first-order valence-electron chi connectivity index (χ1n) is 5.65. The zero-order valence-electron chi connectivity index (χ0n) is 9.58. The summed E-state index contributed by atoms with van der Waals surface area (Å²) >= 11 is 5.59. The van der Waals surface area contributed by atoms with Gasteiger partial charge < -0.3 is 10.6 Å². The van der Waals surface area contributed by atoms with E-state index in [-0.39, 0.29) is 5.84 Å². The van der Waals surface area contributed by atoms with Crippen LogP contribution < -0.4 is 10.6 Å². The van der Waals surface area contributed by atoms with Crippen LogP contribution in [0, 0.1) is 5.41 Å². The quantitative estimate of drug-likeness (QED) is 0.652. The topological polar surface area (TPSA) is 53.1 Å². The number of anilines is 1. The number of halogens is 1. The van der Waals surface area contributed by atoms with E-state index >= 15 is 0 Å². The second kappa shape index (κ2) is 5.78. The average Bonchev–Trinajstić information content (AvgIpc) is 2.57. The van der Waals surface area contributed by atoms with E-state index in [1.165, 1.54) is 23.6 Å². The van der Waals surface area contributed by atoms with Crippen LogP contribution in [0.15, 0.2) is 22.7 Å². The van der Waals surface area contributed by atoms with E-state index in [0.29, 0.717) is 0 Å². The van der Waals surface area contributed by atoms with Gasteiger partial charge in [-0.3, -0.25) is 5.41 Å². The van der Waals surface area contributed by atoms with Crippen LogP contribution in [0.5, 0.6) is 0 Å². The first-order valence-corrected chi connectivity index (χ1v) is 7.60. The average molecular weight is 314 g/mol. The highest BCUT2D eigenvalue weighted by Gasteiger charge is 2.13. The van der Waals surface area contributed by atoms with E-state index in [4.69, 9.17) is 11.1 Å². The summed E-state index contributed by atoms with van der Waals surface area (Å²) in [7, 11) is 0. The summed E-state index contributed by atoms with van der Waals surface area (Å²) in [6, 6.07) is 5.90.